The summed E-state index contributed by atoms with van der Waals surface area (Å²) in [6, 6.07) is 10.0. The summed E-state index contributed by atoms with van der Waals surface area (Å²) in [4.78, 5) is 34.5. The van der Waals surface area contributed by atoms with E-state index in [0.717, 1.165) is 11.6 Å². The predicted octanol–water partition coefficient (Wildman–Crippen LogP) is 3.45. The SMILES string of the molecule is CCOC(=O)C1=CCc2ccc(O)cc2O1.CCOC(=O)c1cc(=O)c2ccc(O)cc2o1. The quantitative estimate of drug-likeness (QED) is 0.569. The van der Waals surface area contributed by atoms with Crippen molar-refractivity contribution in [3.05, 3.63) is 75.8 Å². The summed E-state index contributed by atoms with van der Waals surface area (Å²) < 4.78 is 20.1. The third-order valence-corrected chi connectivity index (χ3v) is 4.44. The van der Waals surface area contributed by atoms with Gasteiger partial charge in [-0.15, -0.1) is 0 Å². The van der Waals surface area contributed by atoms with Gasteiger partial charge in [-0.1, -0.05) is 6.07 Å². The van der Waals surface area contributed by atoms with E-state index in [1.54, 1.807) is 32.1 Å². The number of hydrogen-bond acceptors (Lipinski definition) is 9. The van der Waals surface area contributed by atoms with Gasteiger partial charge in [0.25, 0.3) is 0 Å². The van der Waals surface area contributed by atoms with Crippen LogP contribution in [0.5, 0.6) is 17.2 Å². The Kier molecular flexibility index (Phi) is 7.34. The van der Waals surface area contributed by atoms with Gasteiger partial charge in [-0.2, -0.15) is 0 Å². The van der Waals surface area contributed by atoms with Crippen LogP contribution in [0.25, 0.3) is 11.0 Å². The first-order valence-electron chi connectivity index (χ1n) is 10.1. The lowest BCUT2D eigenvalue weighted by molar-refractivity contribution is -0.141. The van der Waals surface area contributed by atoms with Crippen molar-refractivity contribution in [3.63, 3.8) is 0 Å². The fourth-order valence-electron chi connectivity index (χ4n) is 2.94. The molecule has 2 aromatic carbocycles. The monoisotopic (exact) mass is 454 g/mol. The normalized spacial score (nSPS) is 11.9. The molecule has 0 saturated heterocycles. The zero-order valence-electron chi connectivity index (χ0n) is 18.0. The fraction of sp³-hybridized carbons (Fsp3) is 0.208. The van der Waals surface area contributed by atoms with Crippen LogP contribution < -0.4 is 10.2 Å². The molecule has 1 aromatic heterocycles. The highest BCUT2D eigenvalue weighted by molar-refractivity contribution is 5.89. The van der Waals surface area contributed by atoms with Crippen LogP contribution in [-0.4, -0.2) is 35.4 Å². The molecule has 33 heavy (non-hydrogen) atoms. The number of phenolic OH excluding ortho intramolecular Hbond substituents is 2. The first-order valence-corrected chi connectivity index (χ1v) is 10.1. The minimum atomic E-state index is -0.699. The lowest BCUT2D eigenvalue weighted by Crippen LogP contribution is -2.16. The smallest absolute Gasteiger partial charge is 0.374 e. The molecule has 9 heteroatoms. The number of ether oxygens (including phenoxy) is 3. The van der Waals surface area contributed by atoms with Gasteiger partial charge in [-0.25, -0.2) is 9.59 Å². The maximum absolute atomic E-state index is 11.7. The molecule has 172 valence electrons. The van der Waals surface area contributed by atoms with Gasteiger partial charge < -0.3 is 28.8 Å². The lowest BCUT2D eigenvalue weighted by atomic mass is 10.1. The Balaban J connectivity index is 0.000000186. The van der Waals surface area contributed by atoms with E-state index in [2.05, 4.69) is 0 Å². The number of carbonyl (C=O) groups excluding carboxylic acids is 2. The maximum Gasteiger partial charge on any atom is 0.374 e. The maximum atomic E-state index is 11.7. The van der Waals surface area contributed by atoms with Gasteiger partial charge in [0.2, 0.25) is 11.5 Å². The zero-order chi connectivity index (χ0) is 24.0. The Hall–Kier alpha value is -4.27. The molecule has 9 nitrogen and oxygen atoms in total. The van der Waals surface area contributed by atoms with E-state index in [0.29, 0.717) is 24.2 Å². The fourth-order valence-corrected chi connectivity index (χ4v) is 2.94. The number of hydrogen-bond donors (Lipinski definition) is 2. The van der Waals surface area contributed by atoms with E-state index in [-0.39, 0.29) is 40.6 Å². The molecule has 1 aliphatic heterocycles. The van der Waals surface area contributed by atoms with Gasteiger partial charge in [0, 0.05) is 18.2 Å². The Morgan fingerprint density at radius 1 is 0.939 bits per heavy atom. The number of benzene rings is 2. The van der Waals surface area contributed by atoms with Crippen molar-refractivity contribution >= 4 is 22.9 Å². The van der Waals surface area contributed by atoms with E-state index in [1.807, 2.05) is 0 Å². The number of allylic oxidation sites excluding steroid dienone is 1. The molecule has 0 saturated carbocycles. The van der Waals surface area contributed by atoms with E-state index in [9.17, 15) is 24.6 Å². The van der Waals surface area contributed by atoms with Gasteiger partial charge in [0.1, 0.15) is 22.8 Å². The molecule has 0 unspecified atom stereocenters. The number of aromatic hydroxyl groups is 2. The minimum Gasteiger partial charge on any atom is -0.508 e. The number of rotatable bonds is 4. The zero-order valence-corrected chi connectivity index (χ0v) is 18.0. The van der Waals surface area contributed by atoms with Crippen molar-refractivity contribution in [1.82, 2.24) is 0 Å². The second-order valence-electron chi connectivity index (χ2n) is 6.76. The van der Waals surface area contributed by atoms with Crippen LogP contribution in [-0.2, 0) is 20.7 Å². The van der Waals surface area contributed by atoms with Crippen molar-refractivity contribution in [3.8, 4) is 17.2 Å². The number of esters is 2. The van der Waals surface area contributed by atoms with Gasteiger partial charge >= 0.3 is 11.9 Å². The van der Waals surface area contributed by atoms with Gasteiger partial charge in [-0.05, 0) is 50.1 Å². The largest absolute Gasteiger partial charge is 0.508 e. The van der Waals surface area contributed by atoms with E-state index < -0.39 is 11.9 Å². The third-order valence-electron chi connectivity index (χ3n) is 4.44. The molecule has 0 spiro atoms. The topological polar surface area (TPSA) is 132 Å². The summed E-state index contributed by atoms with van der Waals surface area (Å²) in [6.07, 6.45) is 2.28. The van der Waals surface area contributed by atoms with Crippen molar-refractivity contribution in [2.45, 2.75) is 20.3 Å². The highest BCUT2D eigenvalue weighted by atomic mass is 16.6. The van der Waals surface area contributed by atoms with Crippen molar-refractivity contribution < 1.29 is 38.4 Å². The molecule has 3 aromatic rings. The molecular weight excluding hydrogens is 432 g/mol. The summed E-state index contributed by atoms with van der Waals surface area (Å²) in [5.41, 5.74) is 0.737. The first-order chi connectivity index (χ1) is 15.8. The van der Waals surface area contributed by atoms with E-state index >= 15 is 0 Å². The molecule has 1 aliphatic rings. The number of fused-ring (bicyclic) bond motifs is 2. The average molecular weight is 454 g/mol. The molecule has 2 N–H and O–H groups in total. The van der Waals surface area contributed by atoms with Crippen LogP contribution in [0.4, 0.5) is 0 Å². The molecule has 0 amide bonds. The molecular formula is C24H22O9. The third kappa shape index (κ3) is 5.70. The molecule has 0 fully saturated rings. The van der Waals surface area contributed by atoms with Crippen LogP contribution in [0.1, 0.15) is 30.0 Å². The summed E-state index contributed by atoms with van der Waals surface area (Å²) >= 11 is 0. The highest BCUT2D eigenvalue weighted by Crippen LogP contribution is 2.30. The van der Waals surface area contributed by atoms with Crippen LogP contribution in [0.15, 0.2) is 63.5 Å². The standard InChI is InChI=1S/C12H10O5.C12H12O4/c1-2-16-12(15)11-6-9(14)8-4-3-7(13)5-10(8)17-11;1-2-15-12(14)10-6-4-8-3-5-9(13)7-11(8)16-10/h3-6,13H,2H2,1H3;3,5-7,13H,2,4H2,1H3. The van der Waals surface area contributed by atoms with Crippen LogP contribution >= 0.6 is 0 Å². The van der Waals surface area contributed by atoms with Gasteiger partial charge in [-0.3, -0.25) is 4.79 Å². The molecule has 0 radical (unpaired) electrons. The molecule has 4 rings (SSSR count). The number of carbonyl (C=O) groups is 2. The van der Waals surface area contributed by atoms with Crippen LogP contribution in [0.3, 0.4) is 0 Å². The molecule has 0 aliphatic carbocycles. The summed E-state index contributed by atoms with van der Waals surface area (Å²) in [7, 11) is 0. The Bertz CT molecular complexity index is 1270. The highest BCUT2D eigenvalue weighted by Gasteiger charge is 2.19. The Morgan fingerprint density at radius 3 is 2.33 bits per heavy atom. The summed E-state index contributed by atoms with van der Waals surface area (Å²) in [5, 5.41) is 18.9. The minimum absolute atomic E-state index is 0.0401. The first kappa shape index (κ1) is 23.4. The van der Waals surface area contributed by atoms with Gasteiger partial charge in [0.05, 0.1) is 18.6 Å². The molecule has 0 bridgehead atoms. The lowest BCUT2D eigenvalue weighted by Gasteiger charge is -2.16. The Morgan fingerprint density at radius 2 is 1.61 bits per heavy atom. The van der Waals surface area contributed by atoms with Crippen LogP contribution in [0, 0.1) is 0 Å². The Labute approximate surface area is 188 Å². The molecule has 2 heterocycles. The summed E-state index contributed by atoms with van der Waals surface area (Å²) in [6.45, 7) is 3.90. The van der Waals surface area contributed by atoms with Gasteiger partial charge in [0.15, 0.2) is 5.43 Å². The second kappa shape index (κ2) is 10.4. The molecule has 0 atom stereocenters. The van der Waals surface area contributed by atoms with Crippen molar-refractivity contribution in [2.24, 2.45) is 0 Å². The second-order valence-corrected chi connectivity index (χ2v) is 6.76. The van der Waals surface area contributed by atoms with Crippen molar-refractivity contribution in [1.29, 1.82) is 0 Å². The summed E-state index contributed by atoms with van der Waals surface area (Å²) in [5.74, 6) is -0.586. The number of phenols is 2. The van der Waals surface area contributed by atoms with Crippen molar-refractivity contribution in [2.75, 3.05) is 13.2 Å². The van der Waals surface area contributed by atoms with E-state index in [4.69, 9.17) is 18.6 Å². The predicted molar refractivity (Wildman–Crippen MR) is 117 cm³/mol. The van der Waals surface area contributed by atoms with Crippen LogP contribution in [0.2, 0.25) is 0 Å². The van der Waals surface area contributed by atoms with E-state index in [1.165, 1.54) is 24.3 Å². The average Bonchev–Trinajstić information content (AvgIpc) is 2.79.